The average Bonchev–Trinajstić information content (AvgIpc) is 3.45. The number of benzene rings is 6. The van der Waals surface area contributed by atoms with Gasteiger partial charge in [0.05, 0.1) is 27.9 Å². The van der Waals surface area contributed by atoms with Crippen LogP contribution in [-0.4, -0.2) is 19.5 Å². The van der Waals surface area contributed by atoms with Gasteiger partial charge in [0.15, 0.2) is 5.82 Å². The molecule has 210 valence electrons. The highest BCUT2D eigenvalue weighted by Gasteiger charge is 2.17. The largest absolute Gasteiger partial charge is 0.309 e. The lowest BCUT2D eigenvalue weighted by molar-refractivity contribution is 1.18. The predicted octanol–water partition coefficient (Wildman–Crippen LogP) is 10.3. The van der Waals surface area contributed by atoms with Gasteiger partial charge in [-0.25, -0.2) is 15.0 Å². The number of fused-ring (bicyclic) bond motifs is 6. The predicted molar refractivity (Wildman–Crippen MR) is 185 cm³/mol. The van der Waals surface area contributed by atoms with Gasteiger partial charge in [0.2, 0.25) is 0 Å². The molecule has 0 spiro atoms. The molecule has 9 rings (SSSR count). The monoisotopic (exact) mass is 574 g/mol. The molecule has 0 aliphatic rings. The molecule has 0 aliphatic carbocycles. The summed E-state index contributed by atoms with van der Waals surface area (Å²) in [5, 5.41) is 4.45. The summed E-state index contributed by atoms with van der Waals surface area (Å²) in [6.07, 6.45) is 0. The van der Waals surface area contributed by atoms with Crippen molar-refractivity contribution in [2.24, 2.45) is 0 Å². The lowest BCUT2D eigenvalue weighted by Gasteiger charge is -2.12. The lowest BCUT2D eigenvalue weighted by atomic mass is 10.0. The highest BCUT2D eigenvalue weighted by atomic mass is 15.0. The second-order valence-corrected chi connectivity index (χ2v) is 11.3. The Bertz CT molecular complexity index is 2520. The van der Waals surface area contributed by atoms with E-state index in [2.05, 4.69) is 126 Å². The maximum absolute atomic E-state index is 5.30. The molecule has 0 aliphatic heterocycles. The van der Waals surface area contributed by atoms with Crippen LogP contribution in [-0.2, 0) is 0 Å². The van der Waals surface area contributed by atoms with Crippen LogP contribution < -0.4 is 0 Å². The molecule has 0 amide bonds. The van der Waals surface area contributed by atoms with Crippen molar-refractivity contribution in [3.05, 3.63) is 158 Å². The third kappa shape index (κ3) is 4.19. The van der Waals surface area contributed by atoms with Crippen LogP contribution in [0.2, 0.25) is 0 Å². The molecule has 4 heteroatoms. The summed E-state index contributed by atoms with van der Waals surface area (Å²) in [6.45, 7) is 0. The molecule has 0 fully saturated rings. The minimum atomic E-state index is 0.691. The Balaban J connectivity index is 1.28. The number of aromatic nitrogens is 4. The van der Waals surface area contributed by atoms with E-state index < -0.39 is 0 Å². The van der Waals surface area contributed by atoms with Gasteiger partial charge in [0, 0.05) is 43.9 Å². The number of pyridine rings is 1. The highest BCUT2D eigenvalue weighted by Crippen LogP contribution is 2.36. The van der Waals surface area contributed by atoms with E-state index in [1.165, 1.54) is 21.8 Å². The van der Waals surface area contributed by atoms with Crippen LogP contribution in [0.15, 0.2) is 158 Å². The second-order valence-electron chi connectivity index (χ2n) is 11.3. The lowest BCUT2D eigenvalue weighted by Crippen LogP contribution is -1.97. The Kier molecular flexibility index (Phi) is 5.78. The minimum Gasteiger partial charge on any atom is -0.309 e. The number of hydrogen-bond acceptors (Lipinski definition) is 3. The summed E-state index contributed by atoms with van der Waals surface area (Å²) < 4.78 is 2.34. The van der Waals surface area contributed by atoms with E-state index in [1.807, 2.05) is 36.4 Å². The molecule has 4 nitrogen and oxygen atoms in total. The summed E-state index contributed by atoms with van der Waals surface area (Å²) in [6, 6.07) is 54.9. The van der Waals surface area contributed by atoms with Gasteiger partial charge in [-0.1, -0.05) is 115 Å². The van der Waals surface area contributed by atoms with Gasteiger partial charge in [-0.3, -0.25) is 0 Å². The molecule has 3 aromatic heterocycles. The normalized spacial score (nSPS) is 11.6. The van der Waals surface area contributed by atoms with Crippen LogP contribution in [0.5, 0.6) is 0 Å². The van der Waals surface area contributed by atoms with Crippen LogP contribution in [0, 0.1) is 0 Å². The van der Waals surface area contributed by atoms with E-state index in [1.54, 1.807) is 0 Å². The third-order valence-electron chi connectivity index (χ3n) is 8.59. The van der Waals surface area contributed by atoms with Crippen LogP contribution in [0.4, 0.5) is 0 Å². The van der Waals surface area contributed by atoms with Crippen molar-refractivity contribution in [1.29, 1.82) is 0 Å². The highest BCUT2D eigenvalue weighted by molar-refractivity contribution is 6.11. The molecule has 9 aromatic rings. The van der Waals surface area contributed by atoms with Crippen LogP contribution in [0.1, 0.15) is 0 Å². The Hall–Kier alpha value is -6.13. The first-order chi connectivity index (χ1) is 22.3. The smallest absolute Gasteiger partial charge is 0.160 e. The fourth-order valence-corrected chi connectivity index (χ4v) is 6.46. The van der Waals surface area contributed by atoms with Crippen molar-refractivity contribution in [2.45, 2.75) is 0 Å². The number of hydrogen-bond donors (Lipinski definition) is 0. The van der Waals surface area contributed by atoms with Gasteiger partial charge in [0.25, 0.3) is 0 Å². The Morgan fingerprint density at radius 2 is 1.07 bits per heavy atom. The topological polar surface area (TPSA) is 43.6 Å². The Labute approximate surface area is 259 Å². The van der Waals surface area contributed by atoms with Crippen molar-refractivity contribution >= 4 is 43.6 Å². The zero-order valence-corrected chi connectivity index (χ0v) is 24.3. The molecule has 0 radical (unpaired) electrons. The second kappa shape index (κ2) is 10.2. The summed E-state index contributed by atoms with van der Waals surface area (Å²) >= 11 is 0. The van der Waals surface area contributed by atoms with E-state index in [0.717, 1.165) is 55.6 Å². The molecule has 45 heavy (non-hydrogen) atoms. The van der Waals surface area contributed by atoms with E-state index in [9.17, 15) is 0 Å². The van der Waals surface area contributed by atoms with Crippen LogP contribution in [0.25, 0.3) is 83.2 Å². The fourth-order valence-electron chi connectivity index (χ4n) is 6.46. The SMILES string of the molecule is c1ccc(-c2nc(-c3ccccc3)c3ccc4ccc(-c5ccc6c(c5)c5ccccc5n6-c5ccccc5)nc4c3n2)cc1. The molecule has 0 unspecified atom stereocenters. The molecule has 6 aromatic carbocycles. The fraction of sp³-hybridized carbons (Fsp3) is 0. The zero-order chi connectivity index (χ0) is 29.7. The van der Waals surface area contributed by atoms with Crippen molar-refractivity contribution in [1.82, 2.24) is 19.5 Å². The quantitative estimate of drug-likeness (QED) is 0.196. The Morgan fingerprint density at radius 1 is 0.400 bits per heavy atom. The maximum atomic E-state index is 5.30. The summed E-state index contributed by atoms with van der Waals surface area (Å²) in [5.41, 5.74) is 10.1. The van der Waals surface area contributed by atoms with Crippen molar-refractivity contribution in [3.8, 4) is 39.6 Å². The summed E-state index contributed by atoms with van der Waals surface area (Å²) in [7, 11) is 0. The molecule has 0 N–H and O–H groups in total. The average molecular weight is 575 g/mol. The molecular formula is C41H26N4. The first-order valence-electron chi connectivity index (χ1n) is 15.1. The third-order valence-corrected chi connectivity index (χ3v) is 8.59. The van der Waals surface area contributed by atoms with Crippen LogP contribution in [0.3, 0.4) is 0 Å². The molecule has 0 atom stereocenters. The van der Waals surface area contributed by atoms with Gasteiger partial charge in [-0.15, -0.1) is 0 Å². The standard InChI is InChI=1S/C41H26N4/c1-4-12-27(13-5-1)38-33-23-20-28-21-24-35(42-39(28)40(33)44-41(43-38)29-14-6-2-7-15-29)30-22-25-37-34(26-30)32-18-10-11-19-36(32)45(37)31-16-8-3-9-17-31/h1-26H. The van der Waals surface area contributed by atoms with Gasteiger partial charge in [-0.2, -0.15) is 0 Å². The number of rotatable bonds is 4. The number of nitrogens with zero attached hydrogens (tertiary/aromatic N) is 4. The van der Waals surface area contributed by atoms with Gasteiger partial charge < -0.3 is 4.57 Å². The van der Waals surface area contributed by atoms with E-state index in [-0.39, 0.29) is 0 Å². The molecule has 0 bridgehead atoms. The molecular weight excluding hydrogens is 548 g/mol. The zero-order valence-electron chi connectivity index (χ0n) is 24.3. The van der Waals surface area contributed by atoms with E-state index in [4.69, 9.17) is 15.0 Å². The Morgan fingerprint density at radius 3 is 1.87 bits per heavy atom. The molecule has 0 saturated carbocycles. The first-order valence-corrected chi connectivity index (χ1v) is 15.1. The molecule has 0 saturated heterocycles. The molecule has 3 heterocycles. The van der Waals surface area contributed by atoms with Gasteiger partial charge in [-0.05, 0) is 42.5 Å². The van der Waals surface area contributed by atoms with Crippen molar-refractivity contribution in [2.75, 3.05) is 0 Å². The van der Waals surface area contributed by atoms with E-state index in [0.29, 0.717) is 5.82 Å². The minimum absolute atomic E-state index is 0.691. The summed E-state index contributed by atoms with van der Waals surface area (Å²) in [4.78, 5) is 15.5. The van der Waals surface area contributed by atoms with Crippen molar-refractivity contribution < 1.29 is 0 Å². The summed E-state index contributed by atoms with van der Waals surface area (Å²) in [5.74, 6) is 0.691. The van der Waals surface area contributed by atoms with Gasteiger partial charge in [0.1, 0.15) is 5.52 Å². The van der Waals surface area contributed by atoms with Crippen molar-refractivity contribution in [3.63, 3.8) is 0 Å². The maximum Gasteiger partial charge on any atom is 0.160 e. The van der Waals surface area contributed by atoms with Gasteiger partial charge >= 0.3 is 0 Å². The van der Waals surface area contributed by atoms with Crippen LogP contribution >= 0.6 is 0 Å². The number of para-hydroxylation sites is 2. The first kappa shape index (κ1) is 25.4. The van der Waals surface area contributed by atoms with E-state index >= 15 is 0 Å².